The quantitative estimate of drug-likeness (QED) is 0.791. The molecule has 0 bridgehead atoms. The van der Waals surface area contributed by atoms with Crippen LogP contribution in [0.4, 0.5) is 0 Å². The van der Waals surface area contributed by atoms with Crippen molar-refractivity contribution in [1.82, 2.24) is 4.90 Å². The van der Waals surface area contributed by atoms with Crippen molar-refractivity contribution in [3.63, 3.8) is 0 Å². The van der Waals surface area contributed by atoms with Crippen LogP contribution < -0.4 is 5.73 Å². The fourth-order valence-electron chi connectivity index (χ4n) is 2.48. The molecule has 0 saturated carbocycles. The van der Waals surface area contributed by atoms with Crippen molar-refractivity contribution in [2.75, 3.05) is 19.7 Å². The summed E-state index contributed by atoms with van der Waals surface area (Å²) >= 11 is 0. The zero-order valence-electron chi connectivity index (χ0n) is 11.3. The van der Waals surface area contributed by atoms with Gasteiger partial charge in [-0.3, -0.25) is 4.79 Å². The van der Waals surface area contributed by atoms with Crippen molar-refractivity contribution in [2.24, 2.45) is 5.73 Å². The molecule has 1 aliphatic rings. The Morgan fingerprint density at radius 1 is 1.37 bits per heavy atom. The average molecular weight is 262 g/mol. The molecule has 1 aliphatic heterocycles. The Morgan fingerprint density at radius 2 is 2.16 bits per heavy atom. The second-order valence-electron chi connectivity index (χ2n) is 4.91. The van der Waals surface area contributed by atoms with E-state index in [4.69, 9.17) is 10.5 Å². The maximum Gasteiger partial charge on any atom is 0.225 e. The maximum atomic E-state index is 12.0. The number of hydrogen-bond acceptors (Lipinski definition) is 3. The minimum Gasteiger partial charge on any atom is -0.376 e. The van der Waals surface area contributed by atoms with Crippen LogP contribution in [0.25, 0.3) is 0 Å². The van der Waals surface area contributed by atoms with Gasteiger partial charge in [-0.1, -0.05) is 30.3 Å². The molecule has 104 valence electrons. The molecule has 4 nitrogen and oxygen atoms in total. The molecule has 0 aliphatic carbocycles. The molecule has 1 aromatic carbocycles. The van der Waals surface area contributed by atoms with Crippen LogP contribution in [0.3, 0.4) is 0 Å². The number of rotatable bonds is 6. The van der Waals surface area contributed by atoms with Crippen LogP contribution in [0.2, 0.25) is 0 Å². The van der Waals surface area contributed by atoms with Gasteiger partial charge < -0.3 is 15.4 Å². The molecular formula is C15H22N2O2. The average Bonchev–Trinajstić information content (AvgIpc) is 2.93. The molecule has 1 saturated heterocycles. The number of carbonyl (C=O) groups is 1. The molecule has 1 unspecified atom stereocenters. The van der Waals surface area contributed by atoms with Gasteiger partial charge in [0.05, 0.1) is 19.6 Å². The van der Waals surface area contributed by atoms with Gasteiger partial charge in [-0.05, 0) is 18.4 Å². The van der Waals surface area contributed by atoms with Crippen LogP contribution in [0.1, 0.15) is 24.8 Å². The molecule has 0 aromatic heterocycles. The van der Waals surface area contributed by atoms with Crippen molar-refractivity contribution in [3.8, 4) is 0 Å². The first-order valence-electron chi connectivity index (χ1n) is 6.92. The topological polar surface area (TPSA) is 55.6 Å². The van der Waals surface area contributed by atoms with Crippen molar-refractivity contribution >= 4 is 5.91 Å². The fraction of sp³-hybridized carbons (Fsp3) is 0.533. The van der Waals surface area contributed by atoms with Gasteiger partial charge >= 0.3 is 0 Å². The summed E-state index contributed by atoms with van der Waals surface area (Å²) in [5.41, 5.74) is 6.80. The molecule has 2 rings (SSSR count). The zero-order valence-corrected chi connectivity index (χ0v) is 11.3. The van der Waals surface area contributed by atoms with Gasteiger partial charge in [0.25, 0.3) is 0 Å². The highest BCUT2D eigenvalue weighted by Crippen LogP contribution is 2.17. The molecule has 4 heteroatoms. The van der Waals surface area contributed by atoms with Crippen molar-refractivity contribution in [3.05, 3.63) is 35.9 Å². The number of benzene rings is 1. The van der Waals surface area contributed by atoms with Crippen molar-refractivity contribution < 1.29 is 9.53 Å². The van der Waals surface area contributed by atoms with Crippen LogP contribution in [-0.2, 0) is 16.1 Å². The molecule has 0 spiro atoms. The molecule has 0 radical (unpaired) electrons. The standard InChI is InChI=1S/C15H22N2O2/c16-11-14-7-4-9-17(14)15(18)8-10-19-12-13-5-2-1-3-6-13/h1-3,5-6,14H,4,7-12,16H2. The Labute approximate surface area is 114 Å². The second kappa shape index (κ2) is 7.26. The van der Waals surface area contributed by atoms with E-state index in [1.807, 2.05) is 35.2 Å². The third kappa shape index (κ3) is 4.04. The normalized spacial score (nSPS) is 18.8. The van der Waals surface area contributed by atoms with Crippen LogP contribution in [0, 0.1) is 0 Å². The van der Waals surface area contributed by atoms with Gasteiger partial charge in [0.2, 0.25) is 5.91 Å². The lowest BCUT2D eigenvalue weighted by Gasteiger charge is -2.23. The smallest absolute Gasteiger partial charge is 0.225 e. The van der Waals surface area contributed by atoms with E-state index < -0.39 is 0 Å². The van der Waals surface area contributed by atoms with Crippen LogP contribution in [0.5, 0.6) is 0 Å². The summed E-state index contributed by atoms with van der Waals surface area (Å²) in [6.45, 7) is 2.45. The minimum absolute atomic E-state index is 0.168. The van der Waals surface area contributed by atoms with Crippen LogP contribution in [-0.4, -0.2) is 36.5 Å². The van der Waals surface area contributed by atoms with Crippen molar-refractivity contribution in [1.29, 1.82) is 0 Å². The van der Waals surface area contributed by atoms with Gasteiger partial charge in [0, 0.05) is 19.1 Å². The Morgan fingerprint density at radius 3 is 2.89 bits per heavy atom. The number of likely N-dealkylation sites (tertiary alicyclic amines) is 1. The first kappa shape index (κ1) is 14.0. The van der Waals surface area contributed by atoms with E-state index in [0.29, 0.717) is 26.2 Å². The molecule has 1 heterocycles. The van der Waals surface area contributed by atoms with Crippen molar-refractivity contribution in [2.45, 2.75) is 31.9 Å². The molecule has 1 amide bonds. The van der Waals surface area contributed by atoms with Gasteiger partial charge in [-0.2, -0.15) is 0 Å². The number of amides is 1. The molecule has 19 heavy (non-hydrogen) atoms. The van der Waals surface area contributed by atoms with Gasteiger partial charge in [0.15, 0.2) is 0 Å². The van der Waals surface area contributed by atoms with E-state index in [-0.39, 0.29) is 11.9 Å². The number of nitrogens with two attached hydrogens (primary N) is 1. The monoisotopic (exact) mass is 262 g/mol. The third-order valence-corrected chi connectivity index (χ3v) is 3.54. The predicted molar refractivity (Wildman–Crippen MR) is 74.5 cm³/mol. The van der Waals surface area contributed by atoms with Gasteiger partial charge in [-0.15, -0.1) is 0 Å². The summed E-state index contributed by atoms with van der Waals surface area (Å²) in [4.78, 5) is 13.9. The van der Waals surface area contributed by atoms with E-state index >= 15 is 0 Å². The first-order chi connectivity index (χ1) is 9.31. The Balaban J connectivity index is 1.67. The fourth-order valence-corrected chi connectivity index (χ4v) is 2.48. The lowest BCUT2D eigenvalue weighted by atomic mass is 10.2. The third-order valence-electron chi connectivity index (χ3n) is 3.54. The van der Waals surface area contributed by atoms with E-state index in [9.17, 15) is 4.79 Å². The lowest BCUT2D eigenvalue weighted by molar-refractivity contribution is -0.133. The number of hydrogen-bond donors (Lipinski definition) is 1. The molecule has 1 atom stereocenters. The van der Waals surface area contributed by atoms with Crippen LogP contribution >= 0.6 is 0 Å². The summed E-state index contributed by atoms with van der Waals surface area (Å²) in [6.07, 6.45) is 2.55. The minimum atomic E-state index is 0.168. The summed E-state index contributed by atoms with van der Waals surface area (Å²) < 4.78 is 5.54. The SMILES string of the molecule is NCC1CCCN1C(=O)CCOCc1ccccc1. The Kier molecular flexibility index (Phi) is 5.36. The van der Waals surface area contributed by atoms with E-state index in [1.165, 1.54) is 0 Å². The highest BCUT2D eigenvalue weighted by Gasteiger charge is 2.26. The Bertz CT molecular complexity index is 394. The Hall–Kier alpha value is -1.39. The van der Waals surface area contributed by atoms with E-state index in [2.05, 4.69) is 0 Å². The zero-order chi connectivity index (χ0) is 13.5. The van der Waals surface area contributed by atoms with Gasteiger partial charge in [-0.25, -0.2) is 0 Å². The van der Waals surface area contributed by atoms with Crippen LogP contribution in [0.15, 0.2) is 30.3 Å². The largest absolute Gasteiger partial charge is 0.376 e. The maximum absolute atomic E-state index is 12.0. The summed E-state index contributed by atoms with van der Waals surface area (Å²) in [7, 11) is 0. The molecule has 2 N–H and O–H groups in total. The number of carbonyl (C=O) groups excluding carboxylic acids is 1. The van der Waals surface area contributed by atoms with Gasteiger partial charge in [0.1, 0.15) is 0 Å². The summed E-state index contributed by atoms with van der Waals surface area (Å²) in [5, 5.41) is 0. The first-order valence-corrected chi connectivity index (χ1v) is 6.92. The molecule has 1 aromatic rings. The highest BCUT2D eigenvalue weighted by atomic mass is 16.5. The van der Waals surface area contributed by atoms with E-state index in [1.54, 1.807) is 0 Å². The predicted octanol–water partition coefficient (Wildman–Crippen LogP) is 1.54. The second-order valence-corrected chi connectivity index (χ2v) is 4.91. The summed E-state index contributed by atoms with van der Waals surface area (Å²) in [6, 6.07) is 10.2. The number of ether oxygens (including phenoxy) is 1. The lowest BCUT2D eigenvalue weighted by Crippen LogP contribution is -2.40. The molecule has 1 fully saturated rings. The number of nitrogens with zero attached hydrogens (tertiary/aromatic N) is 1. The molecular weight excluding hydrogens is 240 g/mol. The highest BCUT2D eigenvalue weighted by molar-refractivity contribution is 5.76. The van der Waals surface area contributed by atoms with E-state index in [0.717, 1.165) is 24.9 Å². The summed E-state index contributed by atoms with van der Waals surface area (Å²) in [5.74, 6) is 0.168.